The van der Waals surface area contributed by atoms with Gasteiger partial charge in [-0.3, -0.25) is 24.0 Å². The summed E-state index contributed by atoms with van der Waals surface area (Å²) < 4.78 is 0. The molecule has 286 valence electrons. The monoisotopic (exact) mass is 693 g/mol. The van der Waals surface area contributed by atoms with Crippen LogP contribution in [0.1, 0.15) is 184 Å². The molecule has 0 heterocycles. The van der Waals surface area contributed by atoms with Crippen molar-refractivity contribution in [2.75, 3.05) is 19.6 Å². The Hall–Kier alpha value is -2.45. The molecule has 0 fully saturated rings. The SMILES string of the molecule is CC(C)(C)CCCCC(=O)NCCCC[C@H](NC(=O)CCCCC(C)(C)C)C(=O)NCCCCCC(=O)NCCCCCC(=O)C(C)(C)C. The standard InChI is InChI=1S/C40H76N4O5/c1-38(2,3)27-17-14-25-35(47)42-30-21-16-22-32(44-36(48)26-15-18-28-39(4,5)6)37(49)43-31-20-11-13-24-34(46)41-29-19-10-12-23-33(45)40(7,8)9/h32H,10-31H2,1-9H3,(H,41,46)(H,42,47)(H,43,49)(H,44,48)/t32-/m0/s1. The summed E-state index contributed by atoms with van der Waals surface area (Å²) in [5.41, 5.74) is 0.239. The summed E-state index contributed by atoms with van der Waals surface area (Å²) in [6, 6.07) is -0.597. The smallest absolute Gasteiger partial charge is 0.242 e. The number of rotatable bonds is 27. The van der Waals surface area contributed by atoms with Gasteiger partial charge in [0, 0.05) is 50.7 Å². The molecule has 0 rings (SSSR count). The minimum absolute atomic E-state index is 0.0387. The molecule has 0 aliphatic carbocycles. The molecule has 0 spiro atoms. The molecule has 0 aliphatic rings. The van der Waals surface area contributed by atoms with Gasteiger partial charge in [-0.25, -0.2) is 0 Å². The van der Waals surface area contributed by atoms with Gasteiger partial charge in [0.15, 0.2) is 0 Å². The fourth-order valence-electron chi connectivity index (χ4n) is 5.41. The topological polar surface area (TPSA) is 133 Å². The van der Waals surface area contributed by atoms with E-state index in [9.17, 15) is 24.0 Å². The number of hydrogen-bond donors (Lipinski definition) is 4. The van der Waals surface area contributed by atoms with Crippen molar-refractivity contribution in [3.8, 4) is 0 Å². The molecule has 9 heteroatoms. The minimum Gasteiger partial charge on any atom is -0.356 e. The van der Waals surface area contributed by atoms with Crippen LogP contribution in [-0.4, -0.2) is 55.1 Å². The lowest BCUT2D eigenvalue weighted by molar-refractivity contribution is -0.129. The van der Waals surface area contributed by atoms with Gasteiger partial charge in [-0.1, -0.05) is 88.0 Å². The van der Waals surface area contributed by atoms with E-state index < -0.39 is 6.04 Å². The molecule has 1 atom stereocenters. The predicted octanol–water partition coefficient (Wildman–Crippen LogP) is 7.94. The van der Waals surface area contributed by atoms with Crippen molar-refractivity contribution in [3.63, 3.8) is 0 Å². The molecule has 0 unspecified atom stereocenters. The fourth-order valence-corrected chi connectivity index (χ4v) is 5.41. The summed E-state index contributed by atoms with van der Waals surface area (Å²) in [5.74, 6) is 0.127. The Morgan fingerprint density at radius 3 is 1.33 bits per heavy atom. The Kier molecular flexibility index (Phi) is 24.2. The van der Waals surface area contributed by atoms with E-state index in [2.05, 4.69) is 62.8 Å². The molecule has 4 amide bonds. The Morgan fingerprint density at radius 2 is 0.857 bits per heavy atom. The van der Waals surface area contributed by atoms with E-state index in [-0.39, 0.29) is 45.7 Å². The molecule has 0 aromatic rings. The number of carbonyl (C=O) groups is 5. The zero-order valence-corrected chi connectivity index (χ0v) is 33.2. The van der Waals surface area contributed by atoms with Crippen LogP contribution in [-0.2, 0) is 24.0 Å². The van der Waals surface area contributed by atoms with Crippen molar-refractivity contribution in [2.45, 2.75) is 190 Å². The third-order valence-corrected chi connectivity index (χ3v) is 8.67. The van der Waals surface area contributed by atoms with E-state index >= 15 is 0 Å². The van der Waals surface area contributed by atoms with Gasteiger partial charge >= 0.3 is 0 Å². The maximum Gasteiger partial charge on any atom is 0.242 e. The summed E-state index contributed by atoms with van der Waals surface area (Å²) in [6.45, 7) is 20.8. The van der Waals surface area contributed by atoms with Gasteiger partial charge in [-0.05, 0) is 81.5 Å². The molecule has 0 aromatic carbocycles. The van der Waals surface area contributed by atoms with E-state index in [0.717, 1.165) is 89.9 Å². The molecule has 9 nitrogen and oxygen atoms in total. The third kappa shape index (κ3) is 30.1. The van der Waals surface area contributed by atoms with E-state index in [0.29, 0.717) is 51.7 Å². The lowest BCUT2D eigenvalue weighted by atomic mass is 9.88. The summed E-state index contributed by atoms with van der Waals surface area (Å²) in [7, 11) is 0. The van der Waals surface area contributed by atoms with Crippen molar-refractivity contribution in [1.29, 1.82) is 0 Å². The first-order valence-corrected chi connectivity index (χ1v) is 19.4. The van der Waals surface area contributed by atoms with Crippen molar-refractivity contribution < 1.29 is 24.0 Å². The van der Waals surface area contributed by atoms with Crippen molar-refractivity contribution in [1.82, 2.24) is 21.3 Å². The quantitative estimate of drug-likeness (QED) is 0.0649. The van der Waals surface area contributed by atoms with Gasteiger partial charge in [-0.15, -0.1) is 0 Å². The molecule has 0 saturated carbocycles. The fraction of sp³-hybridized carbons (Fsp3) is 0.875. The number of amides is 4. The maximum absolute atomic E-state index is 13.1. The van der Waals surface area contributed by atoms with Crippen molar-refractivity contribution in [3.05, 3.63) is 0 Å². The van der Waals surface area contributed by atoms with Crippen molar-refractivity contribution >= 4 is 29.4 Å². The van der Waals surface area contributed by atoms with Crippen LogP contribution in [0.5, 0.6) is 0 Å². The minimum atomic E-state index is -0.597. The number of hydrogen-bond acceptors (Lipinski definition) is 5. The lowest BCUT2D eigenvalue weighted by Gasteiger charge is -2.20. The highest BCUT2D eigenvalue weighted by molar-refractivity contribution is 5.87. The Morgan fingerprint density at radius 1 is 0.449 bits per heavy atom. The number of carbonyl (C=O) groups excluding carboxylic acids is 5. The van der Waals surface area contributed by atoms with Gasteiger partial charge < -0.3 is 21.3 Å². The molecule has 0 aromatic heterocycles. The van der Waals surface area contributed by atoms with Crippen LogP contribution < -0.4 is 21.3 Å². The number of ketones is 1. The molecule has 0 saturated heterocycles. The Labute approximate surface area is 300 Å². The van der Waals surface area contributed by atoms with Crippen LogP contribution in [0.15, 0.2) is 0 Å². The first-order valence-electron chi connectivity index (χ1n) is 19.4. The predicted molar refractivity (Wildman–Crippen MR) is 202 cm³/mol. The second-order valence-corrected chi connectivity index (χ2v) is 17.4. The summed E-state index contributed by atoms with van der Waals surface area (Å²) in [6.07, 6.45) is 14.8. The maximum atomic E-state index is 13.1. The second-order valence-electron chi connectivity index (χ2n) is 17.4. The zero-order chi connectivity index (χ0) is 37.3. The Balaban J connectivity index is 4.42. The van der Waals surface area contributed by atoms with E-state index in [1.807, 2.05) is 20.8 Å². The lowest BCUT2D eigenvalue weighted by Crippen LogP contribution is -2.47. The summed E-state index contributed by atoms with van der Waals surface area (Å²) in [5, 5.41) is 11.9. The summed E-state index contributed by atoms with van der Waals surface area (Å²) >= 11 is 0. The number of unbranched alkanes of at least 4 members (excludes halogenated alkanes) is 7. The van der Waals surface area contributed by atoms with Crippen LogP contribution in [0.25, 0.3) is 0 Å². The molecule has 0 bridgehead atoms. The molecule has 0 aliphatic heterocycles. The highest BCUT2D eigenvalue weighted by Gasteiger charge is 2.21. The van der Waals surface area contributed by atoms with Crippen LogP contribution in [0.4, 0.5) is 0 Å². The summed E-state index contributed by atoms with van der Waals surface area (Å²) in [4.78, 5) is 62.1. The van der Waals surface area contributed by atoms with Gasteiger partial charge in [0.05, 0.1) is 0 Å². The average Bonchev–Trinajstić information content (AvgIpc) is 2.98. The third-order valence-electron chi connectivity index (χ3n) is 8.67. The van der Waals surface area contributed by atoms with Crippen LogP contribution in [0.3, 0.4) is 0 Å². The van der Waals surface area contributed by atoms with E-state index in [1.165, 1.54) is 0 Å². The van der Waals surface area contributed by atoms with Crippen molar-refractivity contribution in [2.24, 2.45) is 16.2 Å². The number of Topliss-reactive ketones (excluding diaryl/α,β-unsaturated/α-hetero) is 1. The van der Waals surface area contributed by atoms with E-state index in [1.54, 1.807) is 0 Å². The second kappa shape index (κ2) is 25.5. The van der Waals surface area contributed by atoms with Crippen LogP contribution >= 0.6 is 0 Å². The molecule has 0 radical (unpaired) electrons. The van der Waals surface area contributed by atoms with Crippen LogP contribution in [0, 0.1) is 16.2 Å². The average molecular weight is 693 g/mol. The largest absolute Gasteiger partial charge is 0.356 e. The first kappa shape index (κ1) is 46.5. The highest BCUT2D eigenvalue weighted by Crippen LogP contribution is 2.23. The molecule has 49 heavy (non-hydrogen) atoms. The molecular formula is C40H76N4O5. The van der Waals surface area contributed by atoms with Crippen LogP contribution in [0.2, 0.25) is 0 Å². The normalized spacial score (nSPS) is 12.7. The van der Waals surface area contributed by atoms with Gasteiger partial charge in [0.1, 0.15) is 11.8 Å². The zero-order valence-electron chi connectivity index (χ0n) is 33.2. The van der Waals surface area contributed by atoms with E-state index in [4.69, 9.17) is 0 Å². The Bertz CT molecular complexity index is 959. The molecular weight excluding hydrogens is 616 g/mol. The van der Waals surface area contributed by atoms with Gasteiger partial charge in [0.25, 0.3) is 0 Å². The number of nitrogens with one attached hydrogen (secondary N) is 4. The van der Waals surface area contributed by atoms with Gasteiger partial charge in [-0.2, -0.15) is 0 Å². The van der Waals surface area contributed by atoms with Gasteiger partial charge in [0.2, 0.25) is 23.6 Å². The first-order chi connectivity index (χ1) is 22.8. The molecule has 4 N–H and O–H groups in total. The highest BCUT2D eigenvalue weighted by atomic mass is 16.2.